The Hall–Kier alpha value is -0.980. The minimum atomic E-state index is -4.74. The van der Waals surface area contributed by atoms with E-state index in [1.54, 1.807) is 20.8 Å². The van der Waals surface area contributed by atoms with E-state index < -0.39 is 30.5 Å². The fourth-order valence-electron chi connectivity index (χ4n) is 0.777. The summed E-state index contributed by atoms with van der Waals surface area (Å²) in [5.74, 6) is 0. The summed E-state index contributed by atoms with van der Waals surface area (Å²) < 4.78 is 40.8. The Labute approximate surface area is 92.0 Å². The predicted molar refractivity (Wildman–Crippen MR) is 50.9 cm³/mol. The molecule has 16 heavy (non-hydrogen) atoms. The number of carbonyl (C=O) groups excluding carboxylic acids is 1. The number of alkyl halides is 3. The number of aliphatic hydroxyl groups excluding tert-OH is 1. The van der Waals surface area contributed by atoms with Crippen molar-refractivity contribution in [3.63, 3.8) is 0 Å². The zero-order valence-corrected chi connectivity index (χ0v) is 9.63. The van der Waals surface area contributed by atoms with Gasteiger partial charge in [0.1, 0.15) is 5.60 Å². The maximum atomic E-state index is 12.0. The maximum Gasteiger partial charge on any atom is 0.416 e. The van der Waals surface area contributed by atoms with E-state index in [1.165, 1.54) is 0 Å². The summed E-state index contributed by atoms with van der Waals surface area (Å²) in [6.07, 6.45) is -8.21. The van der Waals surface area contributed by atoms with E-state index >= 15 is 0 Å². The summed E-state index contributed by atoms with van der Waals surface area (Å²) in [4.78, 5) is 11.9. The molecular formula is C9H16F3NO3. The number of nitrogens with zero attached hydrogens (tertiary/aromatic N) is 1. The van der Waals surface area contributed by atoms with Gasteiger partial charge in [0.2, 0.25) is 0 Å². The minimum absolute atomic E-state index is 0.684. The molecule has 7 heteroatoms. The Kier molecular flexibility index (Phi) is 4.60. The Morgan fingerprint density at radius 3 is 2.12 bits per heavy atom. The first-order valence-electron chi connectivity index (χ1n) is 4.62. The number of carbonyl (C=O) groups is 1. The summed E-state index contributed by atoms with van der Waals surface area (Å²) in [6.45, 7) is 3.94. The fourth-order valence-corrected chi connectivity index (χ4v) is 0.777. The van der Waals surface area contributed by atoms with Crippen molar-refractivity contribution >= 4 is 6.09 Å². The molecule has 1 atom stereocenters. The molecule has 0 bridgehead atoms. The number of hydrogen-bond acceptors (Lipinski definition) is 3. The summed E-state index contributed by atoms with van der Waals surface area (Å²) in [7, 11) is 1.13. The highest BCUT2D eigenvalue weighted by atomic mass is 19.4. The molecule has 0 rings (SSSR count). The molecule has 0 aromatic heterocycles. The van der Waals surface area contributed by atoms with Gasteiger partial charge in [-0.15, -0.1) is 0 Å². The fraction of sp³-hybridized carbons (Fsp3) is 0.889. The van der Waals surface area contributed by atoms with Crippen molar-refractivity contribution in [1.82, 2.24) is 4.90 Å². The minimum Gasteiger partial charge on any atom is -0.444 e. The smallest absolute Gasteiger partial charge is 0.416 e. The Morgan fingerprint density at radius 1 is 1.38 bits per heavy atom. The third kappa shape index (κ3) is 5.79. The lowest BCUT2D eigenvalue weighted by atomic mass is 10.2. The third-order valence-electron chi connectivity index (χ3n) is 1.53. The van der Waals surface area contributed by atoms with Crippen molar-refractivity contribution in [3.8, 4) is 0 Å². The molecule has 0 fully saturated rings. The second-order valence-electron chi connectivity index (χ2n) is 4.42. The Bertz CT molecular complexity index is 247. The zero-order chi connectivity index (χ0) is 13.1. The summed E-state index contributed by atoms with van der Waals surface area (Å²) in [6, 6.07) is 0. The van der Waals surface area contributed by atoms with Crippen LogP contribution in [0.1, 0.15) is 20.8 Å². The van der Waals surface area contributed by atoms with Crippen LogP contribution in [0.5, 0.6) is 0 Å². The first-order chi connectivity index (χ1) is 6.93. The second-order valence-corrected chi connectivity index (χ2v) is 4.42. The van der Waals surface area contributed by atoms with E-state index in [4.69, 9.17) is 9.84 Å². The molecule has 0 aromatic rings. The predicted octanol–water partition coefficient (Wildman–Crippen LogP) is 1.78. The second kappa shape index (κ2) is 4.90. The Morgan fingerprint density at radius 2 is 1.81 bits per heavy atom. The Balaban J connectivity index is 4.27. The SMILES string of the molecule is CN(C[C@H](O)C(F)(F)F)C(=O)OC(C)(C)C. The van der Waals surface area contributed by atoms with Crippen LogP contribution in [0.3, 0.4) is 0 Å². The monoisotopic (exact) mass is 243 g/mol. The lowest BCUT2D eigenvalue weighted by Gasteiger charge is -2.26. The van der Waals surface area contributed by atoms with Gasteiger partial charge >= 0.3 is 12.3 Å². The number of amides is 1. The van der Waals surface area contributed by atoms with E-state index in [9.17, 15) is 18.0 Å². The van der Waals surface area contributed by atoms with Crippen LogP contribution >= 0.6 is 0 Å². The molecule has 0 saturated heterocycles. The van der Waals surface area contributed by atoms with Crippen LogP contribution in [-0.2, 0) is 4.74 Å². The largest absolute Gasteiger partial charge is 0.444 e. The van der Waals surface area contributed by atoms with Gasteiger partial charge in [0.15, 0.2) is 6.10 Å². The van der Waals surface area contributed by atoms with Crippen LogP contribution in [0.15, 0.2) is 0 Å². The van der Waals surface area contributed by atoms with Crippen molar-refractivity contribution in [3.05, 3.63) is 0 Å². The topological polar surface area (TPSA) is 49.8 Å². The van der Waals surface area contributed by atoms with E-state index in [0.29, 0.717) is 4.90 Å². The van der Waals surface area contributed by atoms with E-state index in [2.05, 4.69) is 0 Å². The van der Waals surface area contributed by atoms with Gasteiger partial charge in [0.25, 0.3) is 0 Å². The third-order valence-corrected chi connectivity index (χ3v) is 1.53. The summed E-state index contributed by atoms with van der Waals surface area (Å²) in [5, 5.41) is 8.73. The summed E-state index contributed by atoms with van der Waals surface area (Å²) >= 11 is 0. The van der Waals surface area contributed by atoms with E-state index in [1.807, 2.05) is 0 Å². The number of ether oxygens (including phenoxy) is 1. The molecule has 0 saturated carbocycles. The standard InChI is InChI=1S/C9H16F3NO3/c1-8(2,3)16-7(15)13(4)5-6(14)9(10,11)12/h6,14H,5H2,1-4H3/t6-/m0/s1. The molecule has 0 heterocycles. The van der Waals surface area contributed by atoms with Crippen molar-refractivity contribution in [2.75, 3.05) is 13.6 Å². The highest BCUT2D eigenvalue weighted by Crippen LogP contribution is 2.20. The van der Waals surface area contributed by atoms with E-state index in [-0.39, 0.29) is 0 Å². The first kappa shape index (κ1) is 15.0. The van der Waals surface area contributed by atoms with Gasteiger partial charge in [-0.2, -0.15) is 13.2 Å². The van der Waals surface area contributed by atoms with Gasteiger partial charge in [-0.05, 0) is 20.8 Å². The average molecular weight is 243 g/mol. The molecule has 0 spiro atoms. The molecule has 0 radical (unpaired) electrons. The van der Waals surface area contributed by atoms with Gasteiger partial charge in [-0.25, -0.2) is 4.79 Å². The first-order valence-corrected chi connectivity index (χ1v) is 4.62. The van der Waals surface area contributed by atoms with Crippen molar-refractivity contribution in [2.45, 2.75) is 38.7 Å². The van der Waals surface area contributed by atoms with Crippen molar-refractivity contribution < 1.29 is 27.8 Å². The molecule has 0 aliphatic rings. The van der Waals surface area contributed by atoms with Gasteiger partial charge in [-0.1, -0.05) is 0 Å². The van der Waals surface area contributed by atoms with Gasteiger partial charge in [0.05, 0.1) is 6.54 Å². The molecule has 4 nitrogen and oxygen atoms in total. The number of likely N-dealkylation sites (N-methyl/N-ethyl adjacent to an activating group) is 1. The zero-order valence-electron chi connectivity index (χ0n) is 9.63. The van der Waals surface area contributed by atoms with Gasteiger partial charge in [0, 0.05) is 7.05 Å². The van der Waals surface area contributed by atoms with Crippen LogP contribution in [0.2, 0.25) is 0 Å². The molecular weight excluding hydrogens is 227 g/mol. The van der Waals surface area contributed by atoms with Crippen LogP contribution in [0, 0.1) is 0 Å². The van der Waals surface area contributed by atoms with Crippen LogP contribution in [0.25, 0.3) is 0 Å². The van der Waals surface area contributed by atoms with Crippen molar-refractivity contribution in [1.29, 1.82) is 0 Å². The summed E-state index contributed by atoms with van der Waals surface area (Å²) in [5.41, 5.74) is -0.783. The number of hydrogen-bond donors (Lipinski definition) is 1. The molecule has 1 amide bonds. The highest BCUT2D eigenvalue weighted by molar-refractivity contribution is 5.67. The van der Waals surface area contributed by atoms with Gasteiger partial charge in [-0.3, -0.25) is 0 Å². The number of rotatable bonds is 2. The normalized spacial score (nSPS) is 14.5. The van der Waals surface area contributed by atoms with Crippen LogP contribution in [0.4, 0.5) is 18.0 Å². The average Bonchev–Trinajstić information content (AvgIpc) is 1.98. The van der Waals surface area contributed by atoms with Gasteiger partial charge < -0.3 is 14.7 Å². The lowest BCUT2D eigenvalue weighted by molar-refractivity contribution is -0.206. The maximum absolute atomic E-state index is 12.0. The number of halogens is 3. The van der Waals surface area contributed by atoms with Crippen LogP contribution in [-0.4, -0.2) is 47.6 Å². The molecule has 0 aromatic carbocycles. The van der Waals surface area contributed by atoms with Crippen molar-refractivity contribution in [2.24, 2.45) is 0 Å². The van der Waals surface area contributed by atoms with E-state index in [0.717, 1.165) is 7.05 Å². The molecule has 0 unspecified atom stereocenters. The van der Waals surface area contributed by atoms with Crippen LogP contribution < -0.4 is 0 Å². The molecule has 1 N–H and O–H groups in total. The molecule has 0 aliphatic heterocycles. The number of aliphatic hydroxyl groups is 1. The quantitative estimate of drug-likeness (QED) is 0.804. The lowest BCUT2D eigenvalue weighted by Crippen LogP contribution is -2.43. The molecule has 96 valence electrons. The molecule has 0 aliphatic carbocycles. The highest BCUT2D eigenvalue weighted by Gasteiger charge is 2.39.